The number of piperidine rings is 1. The molecule has 1 N–H and O–H groups in total. The predicted molar refractivity (Wildman–Crippen MR) is 90.9 cm³/mol. The number of nitrogens with zero attached hydrogens (tertiary/aromatic N) is 1. The molecule has 2 amide bonds. The van der Waals surface area contributed by atoms with Crippen molar-refractivity contribution in [3.8, 4) is 0 Å². The molecule has 0 aromatic heterocycles. The molecule has 1 saturated heterocycles. The van der Waals surface area contributed by atoms with E-state index in [1.54, 1.807) is 0 Å². The van der Waals surface area contributed by atoms with Gasteiger partial charge in [-0.25, -0.2) is 0 Å². The van der Waals surface area contributed by atoms with Crippen LogP contribution in [-0.2, 0) is 9.59 Å². The number of carbonyl (C=O) groups excluding carboxylic acids is 2. The zero-order valence-electron chi connectivity index (χ0n) is 14.4. The first-order valence-electron chi connectivity index (χ1n) is 9.83. The van der Waals surface area contributed by atoms with Crippen molar-refractivity contribution < 1.29 is 9.59 Å². The lowest BCUT2D eigenvalue weighted by Crippen LogP contribution is -2.50. The molecule has 4 nitrogen and oxygen atoms in total. The van der Waals surface area contributed by atoms with E-state index in [1.807, 2.05) is 0 Å². The Kier molecular flexibility index (Phi) is 5.96. The summed E-state index contributed by atoms with van der Waals surface area (Å²) in [5.74, 6) is 1.35. The zero-order chi connectivity index (χ0) is 16.1. The van der Waals surface area contributed by atoms with Crippen LogP contribution >= 0.6 is 0 Å². The zero-order valence-corrected chi connectivity index (χ0v) is 14.4. The monoisotopic (exact) mass is 320 g/mol. The maximum Gasteiger partial charge on any atom is 0.224 e. The third kappa shape index (κ3) is 4.27. The molecule has 0 radical (unpaired) electrons. The van der Waals surface area contributed by atoms with Crippen LogP contribution in [0.25, 0.3) is 0 Å². The van der Waals surface area contributed by atoms with Crippen molar-refractivity contribution in [2.24, 2.45) is 11.8 Å². The number of hydrogen-bond donors (Lipinski definition) is 1. The van der Waals surface area contributed by atoms with Gasteiger partial charge >= 0.3 is 0 Å². The van der Waals surface area contributed by atoms with Crippen LogP contribution in [0.3, 0.4) is 0 Å². The molecule has 2 aliphatic carbocycles. The summed E-state index contributed by atoms with van der Waals surface area (Å²) in [6.07, 6.45) is 13.7. The molecule has 0 aromatic rings. The summed E-state index contributed by atoms with van der Waals surface area (Å²) in [4.78, 5) is 26.9. The van der Waals surface area contributed by atoms with E-state index in [0.717, 1.165) is 31.7 Å². The molecule has 0 aromatic carbocycles. The molecule has 2 unspecified atom stereocenters. The fourth-order valence-electron chi connectivity index (χ4n) is 4.88. The highest BCUT2D eigenvalue weighted by Gasteiger charge is 2.35. The topological polar surface area (TPSA) is 49.4 Å². The normalized spacial score (nSPS) is 29.0. The van der Waals surface area contributed by atoms with Gasteiger partial charge in [-0.2, -0.15) is 0 Å². The van der Waals surface area contributed by atoms with Gasteiger partial charge in [0, 0.05) is 31.5 Å². The molecule has 23 heavy (non-hydrogen) atoms. The molecule has 1 aliphatic heterocycles. The highest BCUT2D eigenvalue weighted by molar-refractivity contribution is 5.80. The van der Waals surface area contributed by atoms with Crippen molar-refractivity contribution in [3.05, 3.63) is 0 Å². The van der Waals surface area contributed by atoms with Crippen LogP contribution < -0.4 is 5.32 Å². The molecule has 2 saturated carbocycles. The van der Waals surface area contributed by atoms with Gasteiger partial charge in [0.2, 0.25) is 11.8 Å². The largest absolute Gasteiger partial charge is 0.355 e. The number of nitrogens with one attached hydrogen (secondary N) is 1. The van der Waals surface area contributed by atoms with Crippen molar-refractivity contribution >= 4 is 11.8 Å². The van der Waals surface area contributed by atoms with E-state index in [-0.39, 0.29) is 17.7 Å². The molecule has 3 aliphatic rings. The van der Waals surface area contributed by atoms with Crippen LogP contribution in [-0.4, -0.2) is 35.8 Å². The minimum absolute atomic E-state index is 0.173. The van der Waals surface area contributed by atoms with Crippen LogP contribution in [0.2, 0.25) is 0 Å². The Morgan fingerprint density at radius 3 is 2.39 bits per heavy atom. The maximum absolute atomic E-state index is 12.6. The van der Waals surface area contributed by atoms with Crippen molar-refractivity contribution in [2.75, 3.05) is 13.1 Å². The molecule has 130 valence electrons. The molecule has 1 heterocycles. The van der Waals surface area contributed by atoms with E-state index in [9.17, 15) is 9.59 Å². The van der Waals surface area contributed by atoms with Crippen molar-refractivity contribution in [1.82, 2.24) is 10.2 Å². The van der Waals surface area contributed by atoms with E-state index >= 15 is 0 Å². The molecule has 3 fully saturated rings. The van der Waals surface area contributed by atoms with Gasteiger partial charge in [0.15, 0.2) is 0 Å². The Morgan fingerprint density at radius 1 is 0.870 bits per heavy atom. The van der Waals surface area contributed by atoms with Crippen LogP contribution in [0.5, 0.6) is 0 Å². The van der Waals surface area contributed by atoms with Gasteiger partial charge < -0.3 is 10.2 Å². The van der Waals surface area contributed by atoms with Gasteiger partial charge in [0.1, 0.15) is 0 Å². The summed E-state index contributed by atoms with van der Waals surface area (Å²) in [7, 11) is 0. The number of likely N-dealkylation sites (tertiary alicyclic amines) is 1. The number of amides is 2. The van der Waals surface area contributed by atoms with Crippen LogP contribution in [0, 0.1) is 11.8 Å². The summed E-state index contributed by atoms with van der Waals surface area (Å²) in [5.41, 5.74) is 0. The first-order chi connectivity index (χ1) is 11.3. The summed E-state index contributed by atoms with van der Waals surface area (Å²) < 4.78 is 0. The van der Waals surface area contributed by atoms with Gasteiger partial charge in [-0.15, -0.1) is 0 Å². The summed E-state index contributed by atoms with van der Waals surface area (Å²) in [6.45, 7) is 1.44. The number of carbonyl (C=O) groups is 2. The Labute approximate surface area is 140 Å². The molecule has 0 spiro atoms. The standard InChI is InChI=1S/C19H32N2O2/c22-18(12-13-20-19(23)16-8-2-1-3-9-16)21-14-6-10-15-7-4-5-11-17(15)21/h15-17H,1-14H2,(H,20,23). The van der Waals surface area contributed by atoms with E-state index in [0.29, 0.717) is 19.0 Å². The molecular weight excluding hydrogens is 288 g/mol. The second kappa shape index (κ2) is 8.16. The van der Waals surface area contributed by atoms with Crippen LogP contribution in [0.4, 0.5) is 0 Å². The molecule has 3 rings (SSSR count). The van der Waals surface area contributed by atoms with Gasteiger partial charge in [-0.3, -0.25) is 9.59 Å². The highest BCUT2D eigenvalue weighted by atomic mass is 16.2. The lowest BCUT2D eigenvalue weighted by atomic mass is 9.78. The summed E-state index contributed by atoms with van der Waals surface area (Å²) in [5, 5.41) is 3.01. The first-order valence-corrected chi connectivity index (χ1v) is 9.83. The minimum Gasteiger partial charge on any atom is -0.355 e. The summed E-state index contributed by atoms with van der Waals surface area (Å²) >= 11 is 0. The SMILES string of the molecule is O=C(NCCC(=O)N1CCCC2CCCCC21)C1CCCCC1. The maximum atomic E-state index is 12.6. The molecule has 2 atom stereocenters. The Balaban J connectivity index is 1.42. The van der Waals surface area contributed by atoms with Gasteiger partial charge in [-0.1, -0.05) is 32.1 Å². The Bertz CT molecular complexity index is 416. The predicted octanol–water partition coefficient (Wildman–Crippen LogP) is 3.25. The number of rotatable bonds is 4. The highest BCUT2D eigenvalue weighted by Crippen LogP contribution is 2.35. The van der Waals surface area contributed by atoms with Gasteiger partial charge in [0.25, 0.3) is 0 Å². The van der Waals surface area contributed by atoms with Crippen molar-refractivity contribution in [2.45, 2.75) is 83.1 Å². The van der Waals surface area contributed by atoms with Gasteiger partial charge in [-0.05, 0) is 44.4 Å². The van der Waals surface area contributed by atoms with E-state index < -0.39 is 0 Å². The van der Waals surface area contributed by atoms with Crippen molar-refractivity contribution in [1.29, 1.82) is 0 Å². The van der Waals surface area contributed by atoms with Crippen LogP contribution in [0.15, 0.2) is 0 Å². The quantitative estimate of drug-likeness (QED) is 0.864. The third-order valence-corrected chi connectivity index (χ3v) is 6.18. The van der Waals surface area contributed by atoms with E-state index in [2.05, 4.69) is 10.2 Å². The lowest BCUT2D eigenvalue weighted by Gasteiger charge is -2.44. The Morgan fingerprint density at radius 2 is 1.57 bits per heavy atom. The smallest absolute Gasteiger partial charge is 0.224 e. The molecular formula is C19H32N2O2. The molecule has 0 bridgehead atoms. The average Bonchev–Trinajstić information content (AvgIpc) is 2.61. The Hall–Kier alpha value is -1.06. The van der Waals surface area contributed by atoms with Gasteiger partial charge in [0.05, 0.1) is 0 Å². The average molecular weight is 320 g/mol. The summed E-state index contributed by atoms with van der Waals surface area (Å²) in [6, 6.07) is 0.485. The second-order valence-electron chi connectivity index (χ2n) is 7.72. The van der Waals surface area contributed by atoms with E-state index in [4.69, 9.17) is 0 Å². The molecule has 4 heteroatoms. The lowest BCUT2D eigenvalue weighted by molar-refractivity contribution is -0.137. The second-order valence-corrected chi connectivity index (χ2v) is 7.72. The van der Waals surface area contributed by atoms with E-state index in [1.165, 1.54) is 51.4 Å². The third-order valence-electron chi connectivity index (χ3n) is 6.18. The first kappa shape index (κ1) is 16.8. The fourth-order valence-corrected chi connectivity index (χ4v) is 4.88. The number of hydrogen-bond acceptors (Lipinski definition) is 2. The fraction of sp³-hybridized carbons (Fsp3) is 0.895. The van der Waals surface area contributed by atoms with Crippen LogP contribution in [0.1, 0.15) is 77.0 Å². The number of fused-ring (bicyclic) bond motifs is 1. The van der Waals surface area contributed by atoms with Crippen molar-refractivity contribution in [3.63, 3.8) is 0 Å². The minimum atomic E-state index is 0.173.